The van der Waals surface area contributed by atoms with Crippen LogP contribution >= 0.6 is 11.3 Å². The summed E-state index contributed by atoms with van der Waals surface area (Å²) < 4.78 is 0. The van der Waals surface area contributed by atoms with Crippen LogP contribution in [0, 0.1) is 0 Å². The van der Waals surface area contributed by atoms with Gasteiger partial charge in [-0.15, -0.1) is 11.3 Å². The van der Waals surface area contributed by atoms with Gasteiger partial charge in [0, 0.05) is 18.3 Å². The largest absolute Gasteiger partial charge is 0.477 e. The SMILES string of the molecule is O=C(O)c1cccc(NCCc2cscn2)n1. The topological polar surface area (TPSA) is 75.1 Å². The molecule has 2 aromatic rings. The number of nitrogens with zero attached hydrogens (tertiary/aromatic N) is 2. The second-order valence-electron chi connectivity index (χ2n) is 3.37. The average molecular weight is 249 g/mol. The molecule has 0 atom stereocenters. The summed E-state index contributed by atoms with van der Waals surface area (Å²) in [7, 11) is 0. The summed E-state index contributed by atoms with van der Waals surface area (Å²) in [6.07, 6.45) is 0.794. The molecule has 88 valence electrons. The number of carbonyl (C=O) groups is 1. The van der Waals surface area contributed by atoms with Crippen molar-refractivity contribution in [3.8, 4) is 0 Å². The predicted octanol–water partition coefficient (Wildman–Crippen LogP) is 1.89. The summed E-state index contributed by atoms with van der Waals surface area (Å²) >= 11 is 1.56. The Kier molecular flexibility index (Phi) is 3.66. The Bertz CT molecular complexity index is 499. The number of anilines is 1. The second-order valence-corrected chi connectivity index (χ2v) is 4.09. The molecule has 0 radical (unpaired) electrons. The number of carboxylic acids is 1. The van der Waals surface area contributed by atoms with E-state index >= 15 is 0 Å². The normalized spacial score (nSPS) is 10.1. The van der Waals surface area contributed by atoms with Gasteiger partial charge in [-0.2, -0.15) is 0 Å². The highest BCUT2D eigenvalue weighted by atomic mass is 32.1. The standard InChI is InChI=1S/C11H11N3O2S/c15-11(16)9-2-1-3-10(14-9)12-5-4-8-6-17-7-13-8/h1-3,6-7H,4-5H2,(H,12,14)(H,15,16). The smallest absolute Gasteiger partial charge is 0.354 e. The van der Waals surface area contributed by atoms with Gasteiger partial charge < -0.3 is 10.4 Å². The van der Waals surface area contributed by atoms with Gasteiger partial charge in [-0.25, -0.2) is 14.8 Å². The van der Waals surface area contributed by atoms with Crippen LogP contribution < -0.4 is 5.32 Å². The van der Waals surface area contributed by atoms with Crippen molar-refractivity contribution in [2.75, 3.05) is 11.9 Å². The lowest BCUT2D eigenvalue weighted by molar-refractivity contribution is 0.0690. The lowest BCUT2D eigenvalue weighted by atomic mass is 10.3. The Morgan fingerprint density at radius 3 is 3.06 bits per heavy atom. The Morgan fingerprint density at radius 2 is 2.35 bits per heavy atom. The molecule has 2 heterocycles. The molecule has 0 aromatic carbocycles. The maximum absolute atomic E-state index is 10.7. The lowest BCUT2D eigenvalue weighted by Crippen LogP contribution is -2.08. The number of hydrogen-bond donors (Lipinski definition) is 2. The van der Waals surface area contributed by atoms with E-state index in [1.54, 1.807) is 29.0 Å². The number of pyridine rings is 1. The Balaban J connectivity index is 1.90. The van der Waals surface area contributed by atoms with E-state index in [0.29, 0.717) is 12.4 Å². The monoisotopic (exact) mass is 249 g/mol. The maximum atomic E-state index is 10.7. The number of carboxylic acid groups (broad SMARTS) is 1. The van der Waals surface area contributed by atoms with Crippen molar-refractivity contribution in [2.45, 2.75) is 6.42 Å². The number of aromatic carboxylic acids is 1. The molecule has 0 saturated heterocycles. The third-order valence-corrected chi connectivity index (χ3v) is 2.77. The molecule has 5 nitrogen and oxygen atoms in total. The minimum atomic E-state index is -1.02. The molecule has 0 aliphatic heterocycles. The molecule has 0 bridgehead atoms. The van der Waals surface area contributed by atoms with Crippen molar-refractivity contribution < 1.29 is 9.90 Å². The van der Waals surface area contributed by atoms with Crippen LogP contribution in [0.5, 0.6) is 0 Å². The molecule has 0 fully saturated rings. The van der Waals surface area contributed by atoms with Crippen molar-refractivity contribution >= 4 is 23.1 Å². The molecule has 0 aliphatic carbocycles. The van der Waals surface area contributed by atoms with Crippen molar-refractivity contribution in [2.24, 2.45) is 0 Å². The van der Waals surface area contributed by atoms with Crippen LogP contribution in [0.15, 0.2) is 29.1 Å². The van der Waals surface area contributed by atoms with E-state index in [2.05, 4.69) is 15.3 Å². The fourth-order valence-electron chi connectivity index (χ4n) is 1.33. The van der Waals surface area contributed by atoms with Gasteiger partial charge in [0.05, 0.1) is 11.2 Å². The molecular formula is C11H11N3O2S. The first-order valence-electron chi connectivity index (χ1n) is 5.07. The average Bonchev–Trinajstić information content (AvgIpc) is 2.82. The summed E-state index contributed by atoms with van der Waals surface area (Å²) in [6.45, 7) is 0.680. The minimum Gasteiger partial charge on any atom is -0.477 e. The Labute approximate surface area is 102 Å². The van der Waals surface area contributed by atoms with Crippen molar-refractivity contribution in [1.29, 1.82) is 0 Å². The van der Waals surface area contributed by atoms with Gasteiger partial charge in [0.2, 0.25) is 0 Å². The van der Waals surface area contributed by atoms with Crippen LogP contribution in [0.2, 0.25) is 0 Å². The molecular weight excluding hydrogens is 238 g/mol. The summed E-state index contributed by atoms with van der Waals surface area (Å²) in [5.74, 6) is -0.451. The number of rotatable bonds is 5. The van der Waals surface area contributed by atoms with Crippen molar-refractivity contribution in [1.82, 2.24) is 9.97 Å². The van der Waals surface area contributed by atoms with Gasteiger partial charge in [0.25, 0.3) is 0 Å². The zero-order valence-corrected chi connectivity index (χ0v) is 9.78. The van der Waals surface area contributed by atoms with E-state index in [9.17, 15) is 4.79 Å². The van der Waals surface area contributed by atoms with Crippen LogP contribution in [-0.4, -0.2) is 27.6 Å². The van der Waals surface area contributed by atoms with Gasteiger partial charge in [0.1, 0.15) is 5.82 Å². The zero-order chi connectivity index (χ0) is 12.1. The van der Waals surface area contributed by atoms with Crippen LogP contribution in [0.25, 0.3) is 0 Å². The van der Waals surface area contributed by atoms with E-state index in [1.807, 2.05) is 5.38 Å². The van der Waals surface area contributed by atoms with Gasteiger partial charge in [0.15, 0.2) is 5.69 Å². The van der Waals surface area contributed by atoms with Crippen molar-refractivity contribution in [3.05, 3.63) is 40.5 Å². The van der Waals surface area contributed by atoms with Gasteiger partial charge >= 0.3 is 5.97 Å². The summed E-state index contributed by atoms with van der Waals surface area (Å²) in [5.41, 5.74) is 2.86. The van der Waals surface area contributed by atoms with E-state index in [-0.39, 0.29) is 5.69 Å². The van der Waals surface area contributed by atoms with E-state index < -0.39 is 5.97 Å². The van der Waals surface area contributed by atoms with E-state index in [0.717, 1.165) is 12.1 Å². The third-order valence-electron chi connectivity index (χ3n) is 2.14. The summed E-state index contributed by atoms with van der Waals surface area (Å²) in [4.78, 5) is 18.8. The zero-order valence-electron chi connectivity index (χ0n) is 8.96. The molecule has 2 N–H and O–H groups in total. The van der Waals surface area contributed by atoms with Crippen molar-refractivity contribution in [3.63, 3.8) is 0 Å². The molecule has 2 rings (SSSR count). The quantitative estimate of drug-likeness (QED) is 0.846. The Hall–Kier alpha value is -1.95. The summed E-state index contributed by atoms with van der Waals surface area (Å²) in [6, 6.07) is 4.88. The fraction of sp³-hybridized carbons (Fsp3) is 0.182. The first-order valence-corrected chi connectivity index (χ1v) is 6.01. The third kappa shape index (κ3) is 3.25. The number of thiazole rings is 1. The minimum absolute atomic E-state index is 0.0451. The second kappa shape index (κ2) is 5.40. The van der Waals surface area contributed by atoms with E-state index in [1.165, 1.54) is 6.07 Å². The number of nitrogens with one attached hydrogen (secondary N) is 1. The molecule has 0 aliphatic rings. The molecule has 0 unspecified atom stereocenters. The first kappa shape index (κ1) is 11.5. The van der Waals surface area contributed by atoms with Gasteiger partial charge in [-0.05, 0) is 12.1 Å². The first-order chi connectivity index (χ1) is 8.25. The maximum Gasteiger partial charge on any atom is 0.354 e. The molecule has 0 saturated carbocycles. The van der Waals surface area contributed by atoms with Crippen LogP contribution in [0.1, 0.15) is 16.2 Å². The molecule has 6 heteroatoms. The molecule has 0 spiro atoms. The van der Waals surface area contributed by atoms with Gasteiger partial charge in [-0.1, -0.05) is 6.07 Å². The molecule has 2 aromatic heterocycles. The van der Waals surface area contributed by atoms with E-state index in [4.69, 9.17) is 5.11 Å². The molecule has 0 amide bonds. The highest BCUT2D eigenvalue weighted by molar-refractivity contribution is 7.07. The van der Waals surface area contributed by atoms with Crippen LogP contribution in [0.3, 0.4) is 0 Å². The van der Waals surface area contributed by atoms with Crippen LogP contribution in [0.4, 0.5) is 5.82 Å². The highest BCUT2D eigenvalue weighted by Gasteiger charge is 2.04. The predicted molar refractivity (Wildman–Crippen MR) is 65.5 cm³/mol. The van der Waals surface area contributed by atoms with Gasteiger partial charge in [-0.3, -0.25) is 0 Å². The van der Waals surface area contributed by atoms with Crippen LogP contribution in [-0.2, 0) is 6.42 Å². The summed E-state index contributed by atoms with van der Waals surface area (Å²) in [5, 5.41) is 13.8. The fourth-order valence-corrected chi connectivity index (χ4v) is 1.92. The number of hydrogen-bond acceptors (Lipinski definition) is 5. The number of aromatic nitrogens is 2. The highest BCUT2D eigenvalue weighted by Crippen LogP contribution is 2.06. The Morgan fingerprint density at radius 1 is 1.47 bits per heavy atom. The molecule has 17 heavy (non-hydrogen) atoms. The lowest BCUT2D eigenvalue weighted by Gasteiger charge is -2.04.